The average molecular weight is 422 g/mol. The highest BCUT2D eigenvalue weighted by molar-refractivity contribution is 8.00. The minimum atomic E-state index is -1.13. The number of nitrogens with two attached hydrogens (primary N) is 1. The molecule has 0 amide bonds. The number of carbonyl (C=O) groups excluding carboxylic acids is 1. The molecule has 1 aromatic carbocycles. The molecule has 0 aliphatic carbocycles. The van der Waals surface area contributed by atoms with Crippen LogP contribution in [-0.4, -0.2) is 59.8 Å². The first kappa shape index (κ1) is 18.9. The lowest BCUT2D eigenvalue weighted by molar-refractivity contribution is 0.00459. The summed E-state index contributed by atoms with van der Waals surface area (Å²) in [5.41, 5.74) is 6.93. The van der Waals surface area contributed by atoms with E-state index in [0.29, 0.717) is 16.7 Å². The number of ether oxygens (including phenoxy) is 1. The number of esters is 1. The molecule has 146 valence electrons. The normalized spacial score (nSPS) is 24.5. The van der Waals surface area contributed by atoms with Crippen LogP contribution in [-0.2, 0) is 4.74 Å². The van der Waals surface area contributed by atoms with Crippen LogP contribution < -0.4 is 5.73 Å². The molecule has 0 saturated carbocycles. The Morgan fingerprint density at radius 3 is 2.75 bits per heavy atom. The first-order valence-corrected chi connectivity index (χ1v) is 9.67. The topological polar surface area (TPSA) is 136 Å². The van der Waals surface area contributed by atoms with Crippen molar-refractivity contribution in [2.75, 3.05) is 12.3 Å². The molecule has 0 bridgehead atoms. The minimum Gasteiger partial charge on any atom is -0.461 e. The van der Waals surface area contributed by atoms with Crippen LogP contribution in [0.15, 0.2) is 36.7 Å². The fraction of sp³-hybridized carbons (Fsp3) is 0.294. The van der Waals surface area contributed by atoms with Crippen molar-refractivity contribution < 1.29 is 19.7 Å². The molecular weight excluding hydrogens is 406 g/mol. The number of hydrogen-bond acceptors (Lipinski definition) is 9. The number of carbonyl (C=O) groups is 1. The largest absolute Gasteiger partial charge is 0.461 e. The summed E-state index contributed by atoms with van der Waals surface area (Å²) in [4.78, 5) is 24.2. The standard InChI is InChI=1S/C17H16ClN5O4S/c18-17-21-13(19)10-14(22-17)23(7-20-10)15-12(25)11(24)9(28-15)6-27-16(26)8-4-2-1-3-5-8/h1-5,7,9,11-12,15,24-25H,6H2,(H2,19,21,22). The number of aromatic nitrogens is 4. The van der Waals surface area contributed by atoms with Gasteiger partial charge in [-0.15, -0.1) is 11.8 Å². The molecule has 1 aliphatic rings. The third-order valence-corrected chi connectivity index (χ3v) is 6.14. The van der Waals surface area contributed by atoms with E-state index in [-0.39, 0.29) is 17.7 Å². The SMILES string of the molecule is Nc1nc(Cl)nc2c1ncn2C1SC(COC(=O)c2ccccc2)C(O)C1O. The summed E-state index contributed by atoms with van der Waals surface area (Å²) in [6.07, 6.45) is -0.777. The van der Waals surface area contributed by atoms with E-state index in [9.17, 15) is 15.0 Å². The molecule has 3 heterocycles. The number of rotatable bonds is 4. The van der Waals surface area contributed by atoms with Crippen LogP contribution in [0.1, 0.15) is 15.7 Å². The second-order valence-electron chi connectivity index (χ2n) is 6.21. The third kappa shape index (κ3) is 3.39. The molecule has 1 aliphatic heterocycles. The van der Waals surface area contributed by atoms with E-state index in [0.717, 1.165) is 0 Å². The Labute approximate surface area is 168 Å². The Morgan fingerprint density at radius 2 is 2.00 bits per heavy atom. The van der Waals surface area contributed by atoms with Crippen LogP contribution >= 0.6 is 23.4 Å². The van der Waals surface area contributed by atoms with Gasteiger partial charge in [0.15, 0.2) is 11.5 Å². The molecule has 9 nitrogen and oxygen atoms in total. The summed E-state index contributed by atoms with van der Waals surface area (Å²) in [7, 11) is 0. The monoisotopic (exact) mass is 421 g/mol. The van der Waals surface area contributed by atoms with Gasteiger partial charge in [-0.2, -0.15) is 9.97 Å². The summed E-state index contributed by atoms with van der Waals surface area (Å²) in [6, 6.07) is 8.55. The van der Waals surface area contributed by atoms with Crippen molar-refractivity contribution in [2.45, 2.75) is 22.8 Å². The molecule has 28 heavy (non-hydrogen) atoms. The van der Waals surface area contributed by atoms with Gasteiger partial charge in [0, 0.05) is 0 Å². The van der Waals surface area contributed by atoms with Crippen molar-refractivity contribution >= 4 is 46.3 Å². The van der Waals surface area contributed by atoms with Gasteiger partial charge in [0.05, 0.1) is 23.2 Å². The quantitative estimate of drug-likeness (QED) is 0.420. The van der Waals surface area contributed by atoms with Crippen molar-refractivity contribution in [1.82, 2.24) is 19.5 Å². The van der Waals surface area contributed by atoms with E-state index in [4.69, 9.17) is 22.1 Å². The summed E-state index contributed by atoms with van der Waals surface area (Å²) in [5, 5.41) is 19.7. The Balaban J connectivity index is 1.51. The second-order valence-corrected chi connectivity index (χ2v) is 7.91. The number of nitrogens with zero attached hydrogens (tertiary/aromatic N) is 4. The maximum atomic E-state index is 12.1. The number of aliphatic hydroxyl groups excluding tert-OH is 2. The van der Waals surface area contributed by atoms with Crippen LogP contribution in [0.4, 0.5) is 5.82 Å². The van der Waals surface area contributed by atoms with Gasteiger partial charge in [-0.05, 0) is 23.7 Å². The molecule has 4 atom stereocenters. The number of nitrogen functional groups attached to an aromatic ring is 1. The fourth-order valence-electron chi connectivity index (χ4n) is 3.01. The summed E-state index contributed by atoms with van der Waals surface area (Å²) in [6.45, 7) is -0.0579. The molecule has 4 N–H and O–H groups in total. The Morgan fingerprint density at radius 1 is 1.25 bits per heavy atom. The van der Waals surface area contributed by atoms with Crippen LogP contribution in [0.25, 0.3) is 11.2 Å². The van der Waals surface area contributed by atoms with E-state index in [1.165, 1.54) is 18.1 Å². The van der Waals surface area contributed by atoms with Gasteiger partial charge in [0.2, 0.25) is 5.28 Å². The first-order valence-electron chi connectivity index (χ1n) is 8.35. The maximum Gasteiger partial charge on any atom is 0.338 e. The first-order chi connectivity index (χ1) is 13.5. The van der Waals surface area contributed by atoms with E-state index < -0.39 is 28.8 Å². The van der Waals surface area contributed by atoms with Crippen LogP contribution in [0, 0.1) is 0 Å². The van der Waals surface area contributed by atoms with Crippen molar-refractivity contribution in [2.24, 2.45) is 0 Å². The number of halogens is 1. The van der Waals surface area contributed by atoms with Gasteiger partial charge in [-0.3, -0.25) is 4.57 Å². The number of benzene rings is 1. The smallest absolute Gasteiger partial charge is 0.338 e. The van der Waals surface area contributed by atoms with Crippen LogP contribution in [0.3, 0.4) is 0 Å². The van der Waals surface area contributed by atoms with Gasteiger partial charge in [0.1, 0.15) is 23.6 Å². The van der Waals surface area contributed by atoms with E-state index in [2.05, 4.69) is 15.0 Å². The number of aliphatic hydroxyl groups is 2. The lowest BCUT2D eigenvalue weighted by atomic mass is 10.1. The predicted molar refractivity (Wildman–Crippen MR) is 104 cm³/mol. The summed E-state index contributed by atoms with van der Waals surface area (Å²) < 4.78 is 6.88. The Bertz CT molecular complexity index is 1020. The zero-order valence-corrected chi connectivity index (χ0v) is 15.9. The number of imidazole rings is 1. The van der Waals surface area contributed by atoms with Crippen molar-refractivity contribution in [3.05, 3.63) is 47.5 Å². The molecular formula is C17H16ClN5O4S. The number of anilines is 1. The number of hydrogen-bond donors (Lipinski definition) is 3. The van der Waals surface area contributed by atoms with Crippen LogP contribution in [0.5, 0.6) is 0 Å². The number of thioether (sulfide) groups is 1. The lowest BCUT2D eigenvalue weighted by Gasteiger charge is -2.17. The van der Waals surface area contributed by atoms with E-state index >= 15 is 0 Å². The molecule has 4 unspecified atom stereocenters. The van der Waals surface area contributed by atoms with Crippen molar-refractivity contribution in [1.29, 1.82) is 0 Å². The minimum absolute atomic E-state index is 0.0434. The molecule has 1 fully saturated rings. The summed E-state index contributed by atoms with van der Waals surface area (Å²) in [5.74, 6) is -0.369. The van der Waals surface area contributed by atoms with Gasteiger partial charge < -0.3 is 20.7 Å². The van der Waals surface area contributed by atoms with Gasteiger partial charge >= 0.3 is 5.97 Å². The molecule has 3 aromatic rings. The molecule has 11 heteroatoms. The maximum absolute atomic E-state index is 12.1. The summed E-state index contributed by atoms with van der Waals surface area (Å²) >= 11 is 7.13. The lowest BCUT2D eigenvalue weighted by Crippen LogP contribution is -2.34. The van der Waals surface area contributed by atoms with E-state index in [1.807, 2.05) is 0 Å². The van der Waals surface area contributed by atoms with Gasteiger partial charge in [0.25, 0.3) is 0 Å². The fourth-order valence-corrected chi connectivity index (χ4v) is 4.61. The van der Waals surface area contributed by atoms with Crippen molar-refractivity contribution in [3.8, 4) is 0 Å². The zero-order chi connectivity index (χ0) is 19.8. The van der Waals surface area contributed by atoms with E-state index in [1.54, 1.807) is 34.9 Å². The van der Waals surface area contributed by atoms with Gasteiger partial charge in [-0.25, -0.2) is 9.78 Å². The molecule has 2 aromatic heterocycles. The second kappa shape index (κ2) is 7.55. The molecule has 1 saturated heterocycles. The predicted octanol–water partition coefficient (Wildman–Crippen LogP) is 1.25. The molecule has 0 radical (unpaired) electrons. The Hall–Kier alpha value is -2.40. The average Bonchev–Trinajstić information content (AvgIpc) is 3.22. The highest BCUT2D eigenvalue weighted by Gasteiger charge is 2.44. The van der Waals surface area contributed by atoms with Gasteiger partial charge in [-0.1, -0.05) is 18.2 Å². The van der Waals surface area contributed by atoms with Crippen LogP contribution in [0.2, 0.25) is 5.28 Å². The Kier molecular flexibility index (Phi) is 5.11. The highest BCUT2D eigenvalue weighted by atomic mass is 35.5. The molecule has 4 rings (SSSR count). The number of fused-ring (bicyclic) bond motifs is 1. The third-order valence-electron chi connectivity index (χ3n) is 4.42. The molecule has 0 spiro atoms. The zero-order valence-electron chi connectivity index (χ0n) is 14.3. The van der Waals surface area contributed by atoms with Crippen molar-refractivity contribution in [3.63, 3.8) is 0 Å². The highest BCUT2D eigenvalue weighted by Crippen LogP contribution is 2.43.